The molecule has 11 heteroatoms. The minimum absolute atomic E-state index is 0.0393. The Hall–Kier alpha value is -3.73. The number of rotatable bonds is 7. The number of methoxy groups -OCH3 is 1. The van der Waals surface area contributed by atoms with Gasteiger partial charge in [-0.1, -0.05) is 6.07 Å². The molecule has 1 N–H and O–H groups in total. The van der Waals surface area contributed by atoms with Crippen molar-refractivity contribution in [1.29, 1.82) is 0 Å². The number of ether oxygens (including phenoxy) is 1. The van der Waals surface area contributed by atoms with Crippen LogP contribution < -0.4 is 9.64 Å². The van der Waals surface area contributed by atoms with E-state index in [0.717, 1.165) is 17.0 Å². The third-order valence-electron chi connectivity index (χ3n) is 5.69. The third kappa shape index (κ3) is 5.03. The van der Waals surface area contributed by atoms with E-state index in [2.05, 4.69) is 15.1 Å². The number of aromatic amines is 1. The molecule has 2 heterocycles. The molecule has 1 saturated heterocycles. The molecule has 33 heavy (non-hydrogen) atoms. The van der Waals surface area contributed by atoms with Crippen molar-refractivity contribution >= 4 is 29.5 Å². The number of nitrogens with zero attached hydrogens (tertiary/aromatic N) is 5. The van der Waals surface area contributed by atoms with E-state index in [1.54, 1.807) is 19.2 Å². The van der Waals surface area contributed by atoms with Gasteiger partial charge in [-0.3, -0.25) is 24.6 Å². The summed E-state index contributed by atoms with van der Waals surface area (Å²) in [4.78, 5) is 27.4. The highest BCUT2D eigenvalue weighted by Gasteiger charge is 2.22. The Balaban J connectivity index is 1.36. The van der Waals surface area contributed by atoms with Crippen molar-refractivity contribution in [1.82, 2.24) is 19.7 Å². The van der Waals surface area contributed by atoms with Crippen molar-refractivity contribution < 1.29 is 14.5 Å². The Morgan fingerprint density at radius 2 is 1.91 bits per heavy atom. The summed E-state index contributed by atoms with van der Waals surface area (Å²) >= 11 is 5.37. The standard InChI is InChI=1S/C22H24N6O4S/c1-32-19-7-5-16(6-8-19)21-23-24-22(33)27(21)10-9-20(29)26-13-11-25(12-14-26)17-3-2-4-18(15-17)28(30)31/h2-8,15H,9-14H2,1H3,(H,24,33). The molecule has 1 amide bonds. The molecule has 1 aliphatic heterocycles. The number of H-pyrrole nitrogens is 1. The molecule has 1 aliphatic rings. The highest BCUT2D eigenvalue weighted by atomic mass is 32.1. The van der Waals surface area contributed by atoms with Crippen LogP contribution in [0.4, 0.5) is 11.4 Å². The predicted molar refractivity (Wildman–Crippen MR) is 126 cm³/mol. The molecule has 0 spiro atoms. The number of piperazine rings is 1. The maximum Gasteiger partial charge on any atom is 0.271 e. The number of hydrogen-bond acceptors (Lipinski definition) is 7. The van der Waals surface area contributed by atoms with E-state index < -0.39 is 4.92 Å². The van der Waals surface area contributed by atoms with Crippen molar-refractivity contribution in [2.45, 2.75) is 13.0 Å². The van der Waals surface area contributed by atoms with Crippen molar-refractivity contribution in [3.8, 4) is 17.1 Å². The number of aromatic nitrogens is 3. The molecule has 1 fully saturated rings. The lowest BCUT2D eigenvalue weighted by molar-refractivity contribution is -0.384. The highest BCUT2D eigenvalue weighted by Crippen LogP contribution is 2.23. The van der Waals surface area contributed by atoms with E-state index in [1.165, 1.54) is 6.07 Å². The van der Waals surface area contributed by atoms with Gasteiger partial charge in [0.05, 0.1) is 12.0 Å². The largest absolute Gasteiger partial charge is 0.497 e. The van der Waals surface area contributed by atoms with E-state index in [9.17, 15) is 14.9 Å². The Morgan fingerprint density at radius 3 is 2.58 bits per heavy atom. The number of carbonyl (C=O) groups excluding carboxylic acids is 1. The average Bonchev–Trinajstić information content (AvgIpc) is 3.22. The van der Waals surface area contributed by atoms with Crippen molar-refractivity contribution in [3.63, 3.8) is 0 Å². The fourth-order valence-corrected chi connectivity index (χ4v) is 4.09. The summed E-state index contributed by atoms with van der Waals surface area (Å²) in [5.74, 6) is 1.46. The molecule has 2 aromatic carbocycles. The average molecular weight is 469 g/mol. The van der Waals surface area contributed by atoms with Gasteiger partial charge in [0.2, 0.25) is 5.91 Å². The first-order valence-electron chi connectivity index (χ1n) is 10.5. The van der Waals surface area contributed by atoms with Crippen molar-refractivity contribution in [2.75, 3.05) is 38.2 Å². The monoisotopic (exact) mass is 468 g/mol. The van der Waals surface area contributed by atoms with Crippen LogP contribution in [0.3, 0.4) is 0 Å². The number of amides is 1. The molecular formula is C22H24N6O4S. The van der Waals surface area contributed by atoms with Gasteiger partial charge in [-0.25, -0.2) is 0 Å². The molecule has 172 valence electrons. The van der Waals surface area contributed by atoms with Gasteiger partial charge in [-0.15, -0.1) is 0 Å². The fraction of sp³-hybridized carbons (Fsp3) is 0.318. The van der Waals surface area contributed by atoms with Crippen LogP contribution in [0.1, 0.15) is 6.42 Å². The van der Waals surface area contributed by atoms with Crippen molar-refractivity contribution in [3.05, 3.63) is 63.4 Å². The van der Waals surface area contributed by atoms with Crippen LogP contribution in [-0.2, 0) is 11.3 Å². The normalized spacial score (nSPS) is 13.7. The quantitative estimate of drug-likeness (QED) is 0.322. The summed E-state index contributed by atoms with van der Waals surface area (Å²) in [6.07, 6.45) is 0.299. The van der Waals surface area contributed by atoms with Crippen molar-refractivity contribution in [2.24, 2.45) is 0 Å². The van der Waals surface area contributed by atoms with Gasteiger partial charge in [-0.2, -0.15) is 5.10 Å². The van der Waals surface area contributed by atoms with Crippen LogP contribution in [-0.4, -0.2) is 63.8 Å². The molecule has 1 aromatic heterocycles. The fourth-order valence-electron chi connectivity index (χ4n) is 3.87. The van der Waals surface area contributed by atoms with E-state index in [-0.39, 0.29) is 11.6 Å². The molecule has 0 saturated carbocycles. The smallest absolute Gasteiger partial charge is 0.271 e. The number of anilines is 1. The molecule has 0 radical (unpaired) electrons. The Kier molecular flexibility index (Phi) is 6.68. The zero-order valence-electron chi connectivity index (χ0n) is 18.1. The van der Waals surface area contributed by atoms with Crippen LogP contribution in [0.2, 0.25) is 0 Å². The highest BCUT2D eigenvalue weighted by molar-refractivity contribution is 7.71. The number of nitro benzene ring substituents is 1. The number of hydrogen-bond donors (Lipinski definition) is 1. The zero-order valence-corrected chi connectivity index (χ0v) is 19.0. The Labute approximate surface area is 195 Å². The van der Waals surface area contributed by atoms with Gasteiger partial charge < -0.3 is 14.5 Å². The molecule has 0 bridgehead atoms. The summed E-state index contributed by atoms with van der Waals surface area (Å²) < 4.78 is 7.49. The number of benzene rings is 2. The zero-order chi connectivity index (χ0) is 23.4. The summed E-state index contributed by atoms with van der Waals surface area (Å²) in [7, 11) is 1.61. The summed E-state index contributed by atoms with van der Waals surface area (Å²) in [5, 5.41) is 18.2. The predicted octanol–water partition coefficient (Wildman–Crippen LogP) is 3.26. The van der Waals surface area contributed by atoms with Crippen LogP contribution in [0.25, 0.3) is 11.4 Å². The van der Waals surface area contributed by atoms with Crippen LogP contribution in [0.15, 0.2) is 48.5 Å². The second-order valence-electron chi connectivity index (χ2n) is 7.63. The first-order chi connectivity index (χ1) is 16.0. The Bertz CT molecular complexity index is 1200. The van der Waals surface area contributed by atoms with Crippen LogP contribution in [0.5, 0.6) is 5.75 Å². The maximum atomic E-state index is 12.8. The second-order valence-corrected chi connectivity index (χ2v) is 8.01. The van der Waals surface area contributed by atoms with E-state index >= 15 is 0 Å². The van der Waals surface area contributed by atoms with E-state index in [0.29, 0.717) is 49.7 Å². The molecule has 0 aliphatic carbocycles. The van der Waals surface area contributed by atoms with E-state index in [4.69, 9.17) is 17.0 Å². The maximum absolute atomic E-state index is 12.8. The summed E-state index contributed by atoms with van der Waals surface area (Å²) in [6, 6.07) is 14.1. The Morgan fingerprint density at radius 1 is 1.18 bits per heavy atom. The second kappa shape index (κ2) is 9.82. The number of nitro groups is 1. The van der Waals surface area contributed by atoms with Crippen LogP contribution >= 0.6 is 12.2 Å². The molecule has 10 nitrogen and oxygen atoms in total. The number of non-ortho nitro benzene ring substituents is 1. The SMILES string of the molecule is COc1ccc(-c2n[nH]c(=S)n2CCC(=O)N2CCN(c3cccc([N+](=O)[O-])c3)CC2)cc1. The van der Waals surface area contributed by atoms with Gasteiger partial charge >= 0.3 is 0 Å². The van der Waals surface area contributed by atoms with Gasteiger partial charge in [0.1, 0.15) is 5.75 Å². The number of nitrogens with one attached hydrogen (secondary N) is 1. The minimum atomic E-state index is -0.398. The van der Waals surface area contributed by atoms with E-state index in [1.807, 2.05) is 39.8 Å². The topological polar surface area (TPSA) is 110 Å². The lowest BCUT2D eigenvalue weighted by atomic mass is 10.2. The van der Waals surface area contributed by atoms with Gasteiger partial charge in [-0.05, 0) is 42.5 Å². The lowest BCUT2D eigenvalue weighted by Gasteiger charge is -2.36. The summed E-state index contributed by atoms with van der Waals surface area (Å²) in [6.45, 7) is 2.78. The van der Waals surface area contributed by atoms with Gasteiger partial charge in [0.15, 0.2) is 10.6 Å². The van der Waals surface area contributed by atoms with Gasteiger partial charge in [0, 0.05) is 62.5 Å². The molecular weight excluding hydrogens is 444 g/mol. The molecule has 3 aromatic rings. The van der Waals surface area contributed by atoms with Crippen LogP contribution in [0, 0.1) is 14.9 Å². The number of carbonyl (C=O) groups is 1. The minimum Gasteiger partial charge on any atom is -0.497 e. The summed E-state index contributed by atoms with van der Waals surface area (Å²) in [5.41, 5.74) is 1.74. The van der Waals surface area contributed by atoms with Gasteiger partial charge in [0.25, 0.3) is 5.69 Å². The lowest BCUT2D eigenvalue weighted by Crippen LogP contribution is -2.49. The molecule has 0 unspecified atom stereocenters. The molecule has 4 rings (SSSR count). The molecule has 0 atom stereocenters. The first-order valence-corrected chi connectivity index (χ1v) is 10.9. The third-order valence-corrected chi connectivity index (χ3v) is 6.01. The first kappa shape index (κ1) is 22.5.